The van der Waals surface area contributed by atoms with Crippen molar-refractivity contribution in [1.82, 2.24) is 10.2 Å². The molecule has 1 aromatic carbocycles. The van der Waals surface area contributed by atoms with Crippen LogP contribution in [0.1, 0.15) is 32.3 Å². The highest BCUT2D eigenvalue weighted by Gasteiger charge is 2.05. The number of benzene rings is 1. The highest BCUT2D eigenvalue weighted by Crippen LogP contribution is 2.26. The summed E-state index contributed by atoms with van der Waals surface area (Å²) in [5.74, 6) is 1.62. The Morgan fingerprint density at radius 2 is 2.14 bits per heavy atom. The van der Waals surface area contributed by atoms with E-state index in [9.17, 15) is 5.11 Å². The van der Waals surface area contributed by atoms with E-state index in [1.165, 1.54) is 6.42 Å². The van der Waals surface area contributed by atoms with E-state index in [1.54, 1.807) is 13.2 Å². The molecule has 0 aliphatic heterocycles. The van der Waals surface area contributed by atoms with Gasteiger partial charge in [0.15, 0.2) is 17.5 Å². The molecule has 0 fully saturated rings. The predicted molar refractivity (Wildman–Crippen MR) is 91.9 cm³/mol. The normalized spacial score (nSPS) is 11.4. The van der Waals surface area contributed by atoms with Crippen LogP contribution in [0.4, 0.5) is 0 Å². The fourth-order valence-corrected chi connectivity index (χ4v) is 2.14. The molecular formula is C17H29N3O2. The van der Waals surface area contributed by atoms with E-state index >= 15 is 0 Å². The van der Waals surface area contributed by atoms with Crippen LogP contribution in [-0.2, 0) is 6.42 Å². The van der Waals surface area contributed by atoms with Gasteiger partial charge in [-0.15, -0.1) is 0 Å². The first-order valence-electron chi connectivity index (χ1n) is 7.97. The summed E-state index contributed by atoms with van der Waals surface area (Å²) in [5, 5.41) is 12.9. The quantitative estimate of drug-likeness (QED) is 0.572. The van der Waals surface area contributed by atoms with E-state index in [4.69, 9.17) is 4.74 Å². The van der Waals surface area contributed by atoms with Crippen LogP contribution in [0.25, 0.3) is 0 Å². The molecule has 0 saturated carbocycles. The Kier molecular flexibility index (Phi) is 8.18. The first-order chi connectivity index (χ1) is 10.6. The number of nitrogens with one attached hydrogen (secondary N) is 1. The lowest BCUT2D eigenvalue weighted by Crippen LogP contribution is -2.39. The molecule has 0 aromatic heterocycles. The van der Waals surface area contributed by atoms with Gasteiger partial charge in [0.2, 0.25) is 0 Å². The van der Waals surface area contributed by atoms with Crippen LogP contribution in [0.3, 0.4) is 0 Å². The summed E-state index contributed by atoms with van der Waals surface area (Å²) in [7, 11) is 3.63. The van der Waals surface area contributed by atoms with Crippen molar-refractivity contribution in [3.8, 4) is 11.5 Å². The smallest absolute Gasteiger partial charge is 0.193 e. The minimum Gasteiger partial charge on any atom is -0.504 e. The van der Waals surface area contributed by atoms with Crippen LogP contribution in [0.5, 0.6) is 11.5 Å². The van der Waals surface area contributed by atoms with Gasteiger partial charge in [-0.25, -0.2) is 0 Å². The minimum absolute atomic E-state index is 0.169. The van der Waals surface area contributed by atoms with Gasteiger partial charge in [-0.1, -0.05) is 19.4 Å². The molecule has 5 heteroatoms. The van der Waals surface area contributed by atoms with E-state index in [1.807, 2.05) is 12.1 Å². The maximum Gasteiger partial charge on any atom is 0.193 e. The molecule has 0 saturated heterocycles. The Labute approximate surface area is 134 Å². The van der Waals surface area contributed by atoms with Gasteiger partial charge in [0.1, 0.15) is 0 Å². The van der Waals surface area contributed by atoms with Crippen LogP contribution in [0, 0.1) is 0 Å². The number of nitrogens with zero attached hydrogens (tertiary/aromatic N) is 2. The van der Waals surface area contributed by atoms with Crippen molar-refractivity contribution in [3.63, 3.8) is 0 Å². The standard InChI is InChI=1S/C17H29N3O2/c1-5-7-12-20(3)17(18-6-2)19-11-10-14-8-9-15(21)16(13-14)22-4/h8-9,13,21H,5-7,10-12H2,1-4H3,(H,18,19). The molecule has 22 heavy (non-hydrogen) atoms. The van der Waals surface area contributed by atoms with Gasteiger partial charge in [0.25, 0.3) is 0 Å². The van der Waals surface area contributed by atoms with Crippen molar-refractivity contribution >= 4 is 5.96 Å². The van der Waals surface area contributed by atoms with Crippen molar-refractivity contribution in [2.75, 3.05) is 33.8 Å². The highest BCUT2D eigenvalue weighted by molar-refractivity contribution is 5.79. The van der Waals surface area contributed by atoms with Gasteiger partial charge < -0.3 is 20.1 Å². The third-order valence-electron chi connectivity index (χ3n) is 3.45. The largest absolute Gasteiger partial charge is 0.504 e. The number of unbranched alkanes of at least 4 members (excludes halogenated alkanes) is 1. The molecule has 5 nitrogen and oxygen atoms in total. The Hall–Kier alpha value is -1.91. The van der Waals surface area contributed by atoms with E-state index in [2.05, 4.69) is 36.1 Å². The topological polar surface area (TPSA) is 57.1 Å². The Balaban J connectivity index is 2.63. The first-order valence-corrected chi connectivity index (χ1v) is 7.97. The maximum atomic E-state index is 9.60. The average Bonchev–Trinajstić information content (AvgIpc) is 2.53. The molecule has 0 bridgehead atoms. The molecule has 0 atom stereocenters. The summed E-state index contributed by atoms with van der Waals surface area (Å²) >= 11 is 0. The Morgan fingerprint density at radius 1 is 1.36 bits per heavy atom. The number of hydrogen-bond acceptors (Lipinski definition) is 3. The van der Waals surface area contributed by atoms with Crippen molar-refractivity contribution in [2.45, 2.75) is 33.1 Å². The molecule has 2 N–H and O–H groups in total. The van der Waals surface area contributed by atoms with Gasteiger partial charge in [0, 0.05) is 26.7 Å². The van der Waals surface area contributed by atoms with Crippen LogP contribution >= 0.6 is 0 Å². The molecule has 0 heterocycles. The lowest BCUT2D eigenvalue weighted by Gasteiger charge is -2.21. The number of ether oxygens (including phenoxy) is 1. The molecule has 124 valence electrons. The molecule has 1 aromatic rings. The molecule has 0 aliphatic carbocycles. The van der Waals surface area contributed by atoms with E-state index in [0.717, 1.165) is 37.5 Å². The molecular weight excluding hydrogens is 278 g/mol. The number of guanidine groups is 1. The zero-order valence-electron chi connectivity index (χ0n) is 14.2. The van der Waals surface area contributed by atoms with Gasteiger partial charge in [-0.2, -0.15) is 0 Å². The zero-order valence-corrected chi connectivity index (χ0v) is 14.2. The summed E-state index contributed by atoms with van der Waals surface area (Å²) in [4.78, 5) is 6.84. The van der Waals surface area contributed by atoms with E-state index in [0.29, 0.717) is 12.3 Å². The number of aliphatic imine (C=N–C) groups is 1. The highest BCUT2D eigenvalue weighted by atomic mass is 16.5. The fourth-order valence-electron chi connectivity index (χ4n) is 2.14. The molecule has 0 radical (unpaired) electrons. The molecule has 0 amide bonds. The summed E-state index contributed by atoms with van der Waals surface area (Å²) in [6.07, 6.45) is 3.15. The predicted octanol–water partition coefficient (Wildman–Crippen LogP) is 2.64. The van der Waals surface area contributed by atoms with E-state index < -0.39 is 0 Å². The second-order valence-corrected chi connectivity index (χ2v) is 5.27. The fraction of sp³-hybridized carbons (Fsp3) is 0.588. The average molecular weight is 307 g/mol. The molecule has 0 unspecified atom stereocenters. The zero-order chi connectivity index (χ0) is 16.4. The second kappa shape index (κ2) is 9.92. The first kappa shape index (κ1) is 18.1. The van der Waals surface area contributed by atoms with Crippen LogP contribution in [-0.4, -0.2) is 49.8 Å². The number of phenols is 1. The summed E-state index contributed by atoms with van der Waals surface area (Å²) in [6.45, 7) is 6.84. The molecule has 1 rings (SSSR count). The second-order valence-electron chi connectivity index (χ2n) is 5.27. The minimum atomic E-state index is 0.169. The summed E-state index contributed by atoms with van der Waals surface area (Å²) in [6, 6.07) is 5.43. The molecule has 0 aliphatic rings. The monoisotopic (exact) mass is 307 g/mol. The number of aromatic hydroxyl groups is 1. The van der Waals surface area contributed by atoms with Crippen molar-refractivity contribution in [2.24, 2.45) is 4.99 Å². The van der Waals surface area contributed by atoms with Crippen molar-refractivity contribution in [3.05, 3.63) is 23.8 Å². The SMILES string of the molecule is CCCCN(C)C(=NCCc1ccc(O)c(OC)c1)NCC. The summed E-state index contributed by atoms with van der Waals surface area (Å²) < 4.78 is 5.13. The van der Waals surface area contributed by atoms with Gasteiger partial charge in [-0.05, 0) is 37.5 Å². The lowest BCUT2D eigenvalue weighted by molar-refractivity contribution is 0.373. The van der Waals surface area contributed by atoms with Crippen LogP contribution < -0.4 is 10.1 Å². The summed E-state index contributed by atoms with van der Waals surface area (Å²) in [5.41, 5.74) is 1.10. The van der Waals surface area contributed by atoms with Gasteiger partial charge in [0.05, 0.1) is 7.11 Å². The van der Waals surface area contributed by atoms with Crippen LogP contribution in [0.2, 0.25) is 0 Å². The van der Waals surface area contributed by atoms with Crippen molar-refractivity contribution in [1.29, 1.82) is 0 Å². The maximum absolute atomic E-state index is 9.60. The Morgan fingerprint density at radius 3 is 2.77 bits per heavy atom. The van der Waals surface area contributed by atoms with Crippen molar-refractivity contribution < 1.29 is 9.84 Å². The number of phenolic OH excluding ortho intramolecular Hbond substituents is 1. The Bertz CT molecular complexity index is 475. The number of hydrogen-bond donors (Lipinski definition) is 2. The van der Waals surface area contributed by atoms with Gasteiger partial charge >= 0.3 is 0 Å². The number of rotatable bonds is 8. The lowest BCUT2D eigenvalue weighted by atomic mass is 10.1. The van der Waals surface area contributed by atoms with Gasteiger partial charge in [-0.3, -0.25) is 4.99 Å². The molecule has 0 spiro atoms. The van der Waals surface area contributed by atoms with Crippen LogP contribution in [0.15, 0.2) is 23.2 Å². The third-order valence-corrected chi connectivity index (χ3v) is 3.45. The number of methoxy groups -OCH3 is 1. The van der Waals surface area contributed by atoms with E-state index in [-0.39, 0.29) is 5.75 Å². The third kappa shape index (κ3) is 5.84.